The molecule has 1 amide bonds. The topological polar surface area (TPSA) is 70.0 Å². The van der Waals surface area contributed by atoms with Gasteiger partial charge in [-0.15, -0.1) is 0 Å². The van der Waals surface area contributed by atoms with Crippen LogP contribution < -0.4 is 0 Å². The number of aliphatic carboxylic acids is 1. The molecule has 0 bridgehead atoms. The number of halogens is 1. The van der Waals surface area contributed by atoms with E-state index in [9.17, 15) is 9.59 Å². The third-order valence-corrected chi connectivity index (χ3v) is 4.98. The molecule has 3 rings (SSSR count). The van der Waals surface area contributed by atoms with E-state index in [1.54, 1.807) is 11.3 Å². The number of carbonyl (C=O) groups excluding carboxylic acids is 1. The number of benzene rings is 1. The highest BCUT2D eigenvalue weighted by Crippen LogP contribution is 2.34. The fraction of sp³-hybridized carbons (Fsp3) is 0.235. The minimum atomic E-state index is -0.983. The van der Waals surface area contributed by atoms with Gasteiger partial charge in [-0.2, -0.15) is 16.4 Å². The number of hydrogen-bond donors (Lipinski definition) is 1. The number of carboxylic acid groups (broad SMARTS) is 1. The molecule has 0 saturated carbocycles. The van der Waals surface area contributed by atoms with Crippen molar-refractivity contribution in [2.75, 3.05) is 0 Å². The molecule has 124 valence electrons. The van der Waals surface area contributed by atoms with E-state index in [0.717, 1.165) is 21.3 Å². The summed E-state index contributed by atoms with van der Waals surface area (Å²) in [4.78, 5) is 23.2. The van der Waals surface area contributed by atoms with E-state index in [4.69, 9.17) is 5.11 Å². The highest BCUT2D eigenvalue weighted by molar-refractivity contribution is 9.10. The molecule has 24 heavy (non-hydrogen) atoms. The summed E-state index contributed by atoms with van der Waals surface area (Å²) in [5.41, 5.74) is 2.83. The van der Waals surface area contributed by atoms with Gasteiger partial charge in [0.2, 0.25) is 5.91 Å². The molecule has 0 unspecified atom stereocenters. The Hall–Kier alpha value is -1.99. The zero-order valence-corrected chi connectivity index (χ0v) is 15.1. The third-order valence-electron chi connectivity index (χ3n) is 3.81. The lowest BCUT2D eigenvalue weighted by Crippen LogP contribution is -2.27. The number of rotatable bonds is 5. The van der Waals surface area contributed by atoms with Crippen LogP contribution in [-0.4, -0.2) is 27.7 Å². The van der Waals surface area contributed by atoms with Gasteiger partial charge in [-0.1, -0.05) is 28.1 Å². The molecule has 1 aromatic heterocycles. The Morgan fingerprint density at radius 1 is 1.33 bits per heavy atom. The molecule has 7 heteroatoms. The Morgan fingerprint density at radius 2 is 2.17 bits per heavy atom. The SMILES string of the molecule is O=C(O)CCC(=O)N1N=C(c2ccsc2)C[C@@H]1c1cccc(Br)c1. The van der Waals surface area contributed by atoms with Gasteiger partial charge in [-0.3, -0.25) is 9.59 Å². The highest BCUT2D eigenvalue weighted by atomic mass is 79.9. The molecule has 0 fully saturated rings. The number of hydrazone groups is 1. The van der Waals surface area contributed by atoms with E-state index in [0.29, 0.717) is 6.42 Å². The highest BCUT2D eigenvalue weighted by Gasteiger charge is 2.33. The van der Waals surface area contributed by atoms with Crippen LogP contribution in [0.15, 0.2) is 50.7 Å². The molecule has 1 N–H and O–H groups in total. The van der Waals surface area contributed by atoms with Crippen molar-refractivity contribution >= 4 is 44.9 Å². The summed E-state index contributed by atoms with van der Waals surface area (Å²) in [6.07, 6.45) is 0.371. The first kappa shape index (κ1) is 16.9. The van der Waals surface area contributed by atoms with Crippen LogP contribution >= 0.6 is 27.3 Å². The smallest absolute Gasteiger partial charge is 0.303 e. The quantitative estimate of drug-likeness (QED) is 0.813. The number of nitrogens with zero attached hydrogens (tertiary/aromatic N) is 2. The van der Waals surface area contributed by atoms with Crippen molar-refractivity contribution < 1.29 is 14.7 Å². The average Bonchev–Trinajstić information content (AvgIpc) is 3.21. The largest absolute Gasteiger partial charge is 0.481 e. The average molecular weight is 407 g/mol. The molecule has 1 atom stereocenters. The van der Waals surface area contributed by atoms with Crippen LogP contribution in [0.3, 0.4) is 0 Å². The van der Waals surface area contributed by atoms with Crippen molar-refractivity contribution in [3.63, 3.8) is 0 Å². The first-order chi connectivity index (χ1) is 11.5. The van der Waals surface area contributed by atoms with Gasteiger partial charge in [0, 0.05) is 22.9 Å². The van der Waals surface area contributed by atoms with Gasteiger partial charge >= 0.3 is 5.97 Å². The fourth-order valence-corrected chi connectivity index (χ4v) is 3.73. The van der Waals surface area contributed by atoms with E-state index < -0.39 is 5.97 Å². The Morgan fingerprint density at radius 3 is 2.83 bits per heavy atom. The first-order valence-corrected chi connectivity index (χ1v) is 9.17. The molecule has 0 saturated heterocycles. The van der Waals surface area contributed by atoms with Crippen LogP contribution in [0.2, 0.25) is 0 Å². The minimum Gasteiger partial charge on any atom is -0.481 e. The van der Waals surface area contributed by atoms with Crippen LogP contribution in [0.5, 0.6) is 0 Å². The van der Waals surface area contributed by atoms with Crippen LogP contribution in [-0.2, 0) is 9.59 Å². The summed E-state index contributed by atoms with van der Waals surface area (Å²) in [5, 5.41) is 18.7. The molecule has 2 aromatic rings. The summed E-state index contributed by atoms with van der Waals surface area (Å²) in [6.45, 7) is 0. The van der Waals surface area contributed by atoms with Crippen molar-refractivity contribution in [1.29, 1.82) is 0 Å². The maximum Gasteiger partial charge on any atom is 0.303 e. The van der Waals surface area contributed by atoms with Gasteiger partial charge in [0.25, 0.3) is 0 Å². The van der Waals surface area contributed by atoms with E-state index in [1.165, 1.54) is 5.01 Å². The number of carboxylic acids is 1. The molecule has 1 aliphatic rings. The first-order valence-electron chi connectivity index (χ1n) is 7.44. The van der Waals surface area contributed by atoms with Crippen LogP contribution in [0.1, 0.15) is 36.4 Å². The van der Waals surface area contributed by atoms with E-state index in [2.05, 4.69) is 21.0 Å². The molecule has 0 aliphatic carbocycles. The molecular weight excluding hydrogens is 392 g/mol. The van der Waals surface area contributed by atoms with Crippen molar-refractivity contribution in [1.82, 2.24) is 5.01 Å². The molecule has 2 heterocycles. The van der Waals surface area contributed by atoms with Gasteiger partial charge in [0.1, 0.15) is 0 Å². The third kappa shape index (κ3) is 3.73. The lowest BCUT2D eigenvalue weighted by molar-refractivity contribution is -0.141. The van der Waals surface area contributed by atoms with Crippen molar-refractivity contribution in [2.45, 2.75) is 25.3 Å². The summed E-state index contributed by atoms with van der Waals surface area (Å²) in [7, 11) is 0. The number of hydrogen-bond acceptors (Lipinski definition) is 4. The second kappa shape index (κ2) is 7.27. The maximum absolute atomic E-state index is 12.5. The number of thiophene rings is 1. The second-order valence-electron chi connectivity index (χ2n) is 5.47. The van der Waals surface area contributed by atoms with Gasteiger partial charge < -0.3 is 5.11 Å². The van der Waals surface area contributed by atoms with Crippen molar-refractivity contribution in [2.24, 2.45) is 5.10 Å². The Kier molecular flexibility index (Phi) is 5.11. The predicted molar refractivity (Wildman–Crippen MR) is 96.1 cm³/mol. The number of amides is 1. The lowest BCUT2D eigenvalue weighted by atomic mass is 9.99. The standard InChI is InChI=1S/C17H15BrN2O3S/c18-13-3-1-2-11(8-13)15-9-14(12-6-7-24-10-12)19-20(15)16(21)4-5-17(22)23/h1-3,6-8,10,15H,4-5,9H2,(H,22,23)/t15-/m1/s1. The van der Waals surface area contributed by atoms with Crippen molar-refractivity contribution in [3.05, 3.63) is 56.7 Å². The van der Waals surface area contributed by atoms with E-state index in [-0.39, 0.29) is 24.8 Å². The molecular formula is C17H15BrN2O3S. The summed E-state index contributed by atoms with van der Waals surface area (Å²) >= 11 is 5.03. The van der Waals surface area contributed by atoms with Crippen LogP contribution in [0.4, 0.5) is 0 Å². The summed E-state index contributed by atoms with van der Waals surface area (Å²) < 4.78 is 0.932. The number of carbonyl (C=O) groups is 2. The van der Waals surface area contributed by atoms with E-state index >= 15 is 0 Å². The summed E-state index contributed by atoms with van der Waals surface area (Å²) in [6, 6.07) is 9.54. The van der Waals surface area contributed by atoms with Crippen molar-refractivity contribution in [3.8, 4) is 0 Å². The van der Waals surface area contributed by atoms with Gasteiger partial charge in [0.05, 0.1) is 18.2 Å². The van der Waals surface area contributed by atoms with Gasteiger partial charge in [-0.25, -0.2) is 5.01 Å². The van der Waals surface area contributed by atoms with Gasteiger partial charge in [-0.05, 0) is 34.5 Å². The van der Waals surface area contributed by atoms with E-state index in [1.807, 2.05) is 41.1 Å². The monoisotopic (exact) mass is 406 g/mol. The fourth-order valence-electron chi connectivity index (χ4n) is 2.65. The zero-order chi connectivity index (χ0) is 17.1. The Balaban J connectivity index is 1.89. The van der Waals surface area contributed by atoms with Crippen LogP contribution in [0, 0.1) is 0 Å². The summed E-state index contributed by atoms with van der Waals surface area (Å²) in [5.74, 6) is -1.25. The molecule has 1 aromatic carbocycles. The Labute approximate surface area is 151 Å². The van der Waals surface area contributed by atoms with Crippen LogP contribution in [0.25, 0.3) is 0 Å². The zero-order valence-electron chi connectivity index (χ0n) is 12.7. The molecule has 1 aliphatic heterocycles. The lowest BCUT2D eigenvalue weighted by Gasteiger charge is -2.22. The second-order valence-corrected chi connectivity index (χ2v) is 7.16. The molecule has 0 radical (unpaired) electrons. The Bertz CT molecular complexity index is 789. The maximum atomic E-state index is 12.5. The predicted octanol–water partition coefficient (Wildman–Crippen LogP) is 4.05. The normalized spacial score (nSPS) is 17.0. The van der Waals surface area contributed by atoms with Gasteiger partial charge in [0.15, 0.2) is 0 Å². The molecule has 0 spiro atoms. The molecule has 5 nitrogen and oxygen atoms in total. The minimum absolute atomic E-state index is 0.0553.